The lowest BCUT2D eigenvalue weighted by Gasteiger charge is -2.38. The number of amides is 1. The van der Waals surface area contributed by atoms with Crippen LogP contribution in [0.1, 0.15) is 44.1 Å². The van der Waals surface area contributed by atoms with Crippen molar-refractivity contribution in [1.82, 2.24) is 0 Å². The van der Waals surface area contributed by atoms with Gasteiger partial charge in [0.15, 0.2) is 11.5 Å². The highest BCUT2D eigenvalue weighted by Crippen LogP contribution is 2.45. The number of benzene rings is 1. The SMILES string of the molecule is COc1ccc(C2(C#N)CCC(O)(C(N)=O)CC2)cc1OCC1CC1. The molecule has 0 atom stereocenters. The van der Waals surface area contributed by atoms with Gasteiger partial charge in [-0.1, -0.05) is 6.07 Å². The first kappa shape index (κ1) is 17.6. The number of hydrogen-bond acceptors (Lipinski definition) is 5. The summed E-state index contributed by atoms with van der Waals surface area (Å²) in [6, 6.07) is 7.93. The third-order valence-corrected chi connectivity index (χ3v) is 5.49. The van der Waals surface area contributed by atoms with Crippen molar-refractivity contribution in [2.24, 2.45) is 11.7 Å². The van der Waals surface area contributed by atoms with Gasteiger partial charge in [-0.05, 0) is 62.1 Å². The maximum Gasteiger partial charge on any atom is 0.249 e. The lowest BCUT2D eigenvalue weighted by molar-refractivity contribution is -0.140. The number of ether oxygens (including phenoxy) is 2. The number of nitriles is 1. The summed E-state index contributed by atoms with van der Waals surface area (Å²) in [7, 11) is 1.59. The molecule has 1 aromatic carbocycles. The Labute approximate surface area is 147 Å². The van der Waals surface area contributed by atoms with Gasteiger partial charge in [0.05, 0.1) is 25.2 Å². The van der Waals surface area contributed by atoms with Crippen LogP contribution in [-0.2, 0) is 10.2 Å². The van der Waals surface area contributed by atoms with Crippen LogP contribution in [0.5, 0.6) is 11.5 Å². The second kappa shape index (κ2) is 6.57. The molecular formula is C19H24N2O4. The van der Waals surface area contributed by atoms with E-state index >= 15 is 0 Å². The Balaban J connectivity index is 1.84. The van der Waals surface area contributed by atoms with Crippen LogP contribution >= 0.6 is 0 Å². The van der Waals surface area contributed by atoms with Crippen LogP contribution in [0, 0.1) is 17.2 Å². The number of carbonyl (C=O) groups excluding carboxylic acids is 1. The van der Waals surface area contributed by atoms with E-state index in [4.69, 9.17) is 15.2 Å². The summed E-state index contributed by atoms with van der Waals surface area (Å²) < 4.78 is 11.3. The van der Waals surface area contributed by atoms with E-state index < -0.39 is 16.9 Å². The maximum absolute atomic E-state index is 11.5. The molecule has 0 bridgehead atoms. The zero-order valence-corrected chi connectivity index (χ0v) is 14.5. The van der Waals surface area contributed by atoms with Crippen LogP contribution in [0.4, 0.5) is 0 Å². The molecule has 0 aromatic heterocycles. The van der Waals surface area contributed by atoms with Crippen LogP contribution < -0.4 is 15.2 Å². The lowest BCUT2D eigenvalue weighted by atomic mass is 9.66. The molecule has 1 aromatic rings. The van der Waals surface area contributed by atoms with Gasteiger partial charge in [-0.2, -0.15) is 5.26 Å². The van der Waals surface area contributed by atoms with Crippen molar-refractivity contribution in [2.75, 3.05) is 13.7 Å². The second-order valence-electron chi connectivity index (χ2n) is 7.21. The minimum atomic E-state index is -1.52. The standard InChI is InChI=1S/C19H24N2O4/c1-24-15-5-4-14(10-16(15)25-11-13-2-3-13)18(12-20)6-8-19(23,9-7-18)17(21)22/h4-5,10,13,23H,2-3,6-9,11H2,1H3,(H2,21,22). The zero-order chi connectivity index (χ0) is 18.1. The van der Waals surface area contributed by atoms with Crippen molar-refractivity contribution >= 4 is 5.91 Å². The Morgan fingerprint density at radius 3 is 2.52 bits per heavy atom. The molecule has 0 spiro atoms. The summed E-state index contributed by atoms with van der Waals surface area (Å²) in [5.74, 6) is 1.17. The first-order chi connectivity index (χ1) is 11.9. The van der Waals surface area contributed by atoms with Crippen LogP contribution in [0.15, 0.2) is 18.2 Å². The van der Waals surface area contributed by atoms with E-state index in [0.29, 0.717) is 36.9 Å². The molecule has 0 aliphatic heterocycles. The molecule has 25 heavy (non-hydrogen) atoms. The molecule has 0 unspecified atom stereocenters. The molecule has 3 rings (SSSR count). The number of nitrogens with two attached hydrogens (primary N) is 1. The number of aliphatic hydroxyl groups is 1. The Morgan fingerprint density at radius 1 is 1.32 bits per heavy atom. The molecule has 2 aliphatic rings. The highest BCUT2D eigenvalue weighted by Gasteiger charge is 2.46. The van der Waals surface area contributed by atoms with Gasteiger partial charge in [0.25, 0.3) is 0 Å². The Hall–Kier alpha value is -2.26. The maximum atomic E-state index is 11.5. The normalized spacial score (nSPS) is 28.8. The predicted octanol–water partition coefficient (Wildman–Crippen LogP) is 2.04. The van der Waals surface area contributed by atoms with Gasteiger partial charge in [0.2, 0.25) is 5.91 Å². The summed E-state index contributed by atoms with van der Waals surface area (Å²) in [6.07, 6.45) is 3.49. The first-order valence-corrected chi connectivity index (χ1v) is 8.67. The fourth-order valence-electron chi connectivity index (χ4n) is 3.38. The van der Waals surface area contributed by atoms with Crippen molar-refractivity contribution in [2.45, 2.75) is 49.5 Å². The fraction of sp³-hybridized carbons (Fsp3) is 0.579. The Morgan fingerprint density at radius 2 is 2.00 bits per heavy atom. The summed E-state index contributed by atoms with van der Waals surface area (Å²) in [6.45, 7) is 0.654. The lowest BCUT2D eigenvalue weighted by Crippen LogP contribution is -2.49. The minimum Gasteiger partial charge on any atom is -0.493 e. The van der Waals surface area contributed by atoms with Crippen LogP contribution in [0.2, 0.25) is 0 Å². The van der Waals surface area contributed by atoms with Gasteiger partial charge in [-0.15, -0.1) is 0 Å². The van der Waals surface area contributed by atoms with Crippen LogP contribution in [0.25, 0.3) is 0 Å². The Bertz CT molecular complexity index is 698. The monoisotopic (exact) mass is 344 g/mol. The molecule has 2 aliphatic carbocycles. The van der Waals surface area contributed by atoms with E-state index in [9.17, 15) is 15.2 Å². The number of rotatable bonds is 6. The van der Waals surface area contributed by atoms with Gasteiger partial charge in [0.1, 0.15) is 5.60 Å². The molecule has 3 N–H and O–H groups in total. The zero-order valence-electron chi connectivity index (χ0n) is 14.5. The van der Waals surface area contributed by atoms with Gasteiger partial charge in [-0.3, -0.25) is 4.79 Å². The summed E-state index contributed by atoms with van der Waals surface area (Å²) >= 11 is 0. The van der Waals surface area contributed by atoms with Gasteiger partial charge in [-0.25, -0.2) is 0 Å². The van der Waals surface area contributed by atoms with Crippen molar-refractivity contribution < 1.29 is 19.4 Å². The fourth-order valence-corrected chi connectivity index (χ4v) is 3.38. The van der Waals surface area contributed by atoms with E-state index in [0.717, 1.165) is 5.56 Å². The van der Waals surface area contributed by atoms with Crippen molar-refractivity contribution in [3.05, 3.63) is 23.8 Å². The third kappa shape index (κ3) is 3.42. The number of methoxy groups -OCH3 is 1. The van der Waals surface area contributed by atoms with Crippen molar-refractivity contribution in [3.8, 4) is 17.6 Å². The molecule has 6 nitrogen and oxygen atoms in total. The van der Waals surface area contributed by atoms with E-state index in [1.165, 1.54) is 12.8 Å². The molecule has 6 heteroatoms. The van der Waals surface area contributed by atoms with Gasteiger partial charge < -0.3 is 20.3 Å². The summed E-state index contributed by atoms with van der Waals surface area (Å²) in [4.78, 5) is 11.5. The highest BCUT2D eigenvalue weighted by molar-refractivity contribution is 5.83. The van der Waals surface area contributed by atoms with E-state index in [2.05, 4.69) is 6.07 Å². The predicted molar refractivity (Wildman–Crippen MR) is 91.1 cm³/mol. The van der Waals surface area contributed by atoms with Crippen molar-refractivity contribution in [3.63, 3.8) is 0 Å². The molecular weight excluding hydrogens is 320 g/mol. The van der Waals surface area contributed by atoms with E-state index in [1.54, 1.807) is 7.11 Å². The summed E-state index contributed by atoms with van der Waals surface area (Å²) in [5, 5.41) is 20.1. The third-order valence-electron chi connectivity index (χ3n) is 5.49. The molecule has 134 valence electrons. The van der Waals surface area contributed by atoms with Crippen molar-refractivity contribution in [1.29, 1.82) is 5.26 Å². The molecule has 0 saturated heterocycles. The van der Waals surface area contributed by atoms with Crippen LogP contribution in [0.3, 0.4) is 0 Å². The highest BCUT2D eigenvalue weighted by atomic mass is 16.5. The van der Waals surface area contributed by atoms with Gasteiger partial charge in [0, 0.05) is 0 Å². The molecule has 2 saturated carbocycles. The molecule has 1 amide bonds. The minimum absolute atomic E-state index is 0.181. The number of primary amides is 1. The quantitative estimate of drug-likeness (QED) is 0.821. The topological polar surface area (TPSA) is 106 Å². The summed E-state index contributed by atoms with van der Waals surface area (Å²) in [5.41, 5.74) is 3.85. The van der Waals surface area contributed by atoms with E-state index in [1.807, 2.05) is 18.2 Å². The average Bonchev–Trinajstić information content (AvgIpc) is 3.45. The van der Waals surface area contributed by atoms with E-state index in [-0.39, 0.29) is 12.8 Å². The smallest absolute Gasteiger partial charge is 0.249 e. The number of nitrogens with zero attached hydrogens (tertiary/aromatic N) is 1. The number of carbonyl (C=O) groups is 1. The number of hydrogen-bond donors (Lipinski definition) is 2. The largest absolute Gasteiger partial charge is 0.493 e. The second-order valence-corrected chi connectivity index (χ2v) is 7.21. The molecule has 0 heterocycles. The molecule has 2 fully saturated rings. The molecule has 0 radical (unpaired) electrons. The first-order valence-electron chi connectivity index (χ1n) is 8.67. The van der Waals surface area contributed by atoms with Gasteiger partial charge >= 0.3 is 0 Å². The Kier molecular flexibility index (Phi) is 4.61. The average molecular weight is 344 g/mol. The van der Waals surface area contributed by atoms with Crippen LogP contribution in [-0.4, -0.2) is 30.3 Å².